The molecule has 5 nitrogen and oxygen atoms in total. The summed E-state index contributed by atoms with van der Waals surface area (Å²) in [4.78, 5) is 15.1. The van der Waals surface area contributed by atoms with Gasteiger partial charge in [-0.15, -0.1) is 0 Å². The smallest absolute Gasteiger partial charge is 0.254 e. The van der Waals surface area contributed by atoms with Gasteiger partial charge in [-0.25, -0.2) is 4.68 Å². The fourth-order valence-corrected chi connectivity index (χ4v) is 3.45. The fourth-order valence-electron chi connectivity index (χ4n) is 3.45. The molecular formula is C22H23N3O2. The predicted octanol–water partition coefficient (Wildman–Crippen LogP) is 3.29. The summed E-state index contributed by atoms with van der Waals surface area (Å²) in [6, 6.07) is 19.1. The Morgan fingerprint density at radius 3 is 2.44 bits per heavy atom. The molecule has 1 aliphatic carbocycles. The van der Waals surface area contributed by atoms with Crippen molar-refractivity contribution in [3.8, 4) is 5.69 Å². The van der Waals surface area contributed by atoms with Gasteiger partial charge in [-0.05, 0) is 54.7 Å². The third-order valence-electron chi connectivity index (χ3n) is 5.09. The van der Waals surface area contributed by atoms with Gasteiger partial charge in [0.2, 0.25) is 0 Å². The summed E-state index contributed by atoms with van der Waals surface area (Å²) in [7, 11) is 0. The molecule has 2 aromatic carbocycles. The van der Waals surface area contributed by atoms with Crippen LogP contribution in [0.15, 0.2) is 73.1 Å². The molecule has 0 saturated heterocycles. The Bertz CT molecular complexity index is 872. The van der Waals surface area contributed by atoms with Gasteiger partial charge in [0.25, 0.3) is 5.91 Å². The maximum atomic E-state index is 13.3. The normalized spacial score (nSPS) is 14.7. The minimum Gasteiger partial charge on any atom is -0.394 e. The number of hydrogen-bond acceptors (Lipinski definition) is 3. The lowest BCUT2D eigenvalue weighted by Gasteiger charge is -2.31. The molecule has 1 heterocycles. The molecule has 1 aromatic heterocycles. The van der Waals surface area contributed by atoms with Crippen LogP contribution in [0.1, 0.15) is 28.8 Å². The number of carbonyl (C=O) groups excluding carboxylic acids is 1. The molecular weight excluding hydrogens is 338 g/mol. The summed E-state index contributed by atoms with van der Waals surface area (Å²) >= 11 is 0. The van der Waals surface area contributed by atoms with E-state index < -0.39 is 0 Å². The lowest BCUT2D eigenvalue weighted by Crippen LogP contribution is -2.43. The zero-order valence-corrected chi connectivity index (χ0v) is 15.1. The van der Waals surface area contributed by atoms with Crippen LogP contribution in [0.25, 0.3) is 5.69 Å². The van der Waals surface area contributed by atoms with Crippen LogP contribution in [0.5, 0.6) is 0 Å². The maximum absolute atomic E-state index is 13.3. The predicted molar refractivity (Wildman–Crippen MR) is 103 cm³/mol. The van der Waals surface area contributed by atoms with Crippen molar-refractivity contribution in [1.82, 2.24) is 14.7 Å². The molecule has 1 atom stereocenters. The van der Waals surface area contributed by atoms with Gasteiger partial charge in [-0.1, -0.05) is 30.3 Å². The first kappa shape index (κ1) is 17.5. The van der Waals surface area contributed by atoms with E-state index in [1.807, 2.05) is 71.8 Å². The number of carbonyl (C=O) groups is 1. The highest BCUT2D eigenvalue weighted by molar-refractivity contribution is 5.94. The van der Waals surface area contributed by atoms with E-state index in [0.29, 0.717) is 18.0 Å². The van der Waals surface area contributed by atoms with Crippen molar-refractivity contribution >= 4 is 5.91 Å². The Balaban J connectivity index is 1.59. The van der Waals surface area contributed by atoms with Crippen molar-refractivity contribution in [3.63, 3.8) is 0 Å². The van der Waals surface area contributed by atoms with Gasteiger partial charge < -0.3 is 10.0 Å². The highest BCUT2D eigenvalue weighted by Gasteiger charge is 2.37. The highest BCUT2D eigenvalue weighted by Crippen LogP contribution is 2.36. The summed E-state index contributed by atoms with van der Waals surface area (Å²) in [5.74, 6) is 0.350. The highest BCUT2D eigenvalue weighted by atomic mass is 16.3. The van der Waals surface area contributed by atoms with Gasteiger partial charge in [0, 0.05) is 24.5 Å². The average Bonchev–Trinajstić information content (AvgIpc) is 3.40. The third-order valence-corrected chi connectivity index (χ3v) is 5.09. The van der Waals surface area contributed by atoms with E-state index in [-0.39, 0.29) is 18.6 Å². The molecule has 1 fully saturated rings. The molecule has 5 heteroatoms. The zero-order chi connectivity index (χ0) is 18.6. The number of nitrogens with zero attached hydrogens (tertiary/aromatic N) is 3. The second kappa shape index (κ2) is 7.76. The quantitative estimate of drug-likeness (QED) is 0.703. The summed E-state index contributed by atoms with van der Waals surface area (Å²) in [6.07, 6.45) is 5.74. The van der Waals surface area contributed by atoms with Crippen molar-refractivity contribution < 1.29 is 9.90 Å². The lowest BCUT2D eigenvalue weighted by atomic mass is 10.1. The van der Waals surface area contributed by atoms with Crippen LogP contribution in [0.2, 0.25) is 0 Å². The molecule has 3 aromatic rings. The van der Waals surface area contributed by atoms with Gasteiger partial charge in [-0.3, -0.25) is 4.79 Å². The second-order valence-electron chi connectivity index (χ2n) is 7.00. The Morgan fingerprint density at radius 2 is 1.85 bits per heavy atom. The first-order chi connectivity index (χ1) is 13.3. The largest absolute Gasteiger partial charge is 0.394 e. The molecule has 0 unspecified atom stereocenters. The van der Waals surface area contributed by atoms with Crippen molar-refractivity contribution in [2.45, 2.75) is 25.4 Å². The van der Waals surface area contributed by atoms with E-state index >= 15 is 0 Å². The van der Waals surface area contributed by atoms with Crippen LogP contribution in [0.3, 0.4) is 0 Å². The zero-order valence-electron chi connectivity index (χ0n) is 15.1. The van der Waals surface area contributed by atoms with Crippen molar-refractivity contribution in [1.29, 1.82) is 0 Å². The standard InChI is InChI=1S/C22H23N3O2/c26-16-21(18-7-8-18)24(15-17-5-2-1-3-6-17)22(27)19-9-11-20(12-10-19)25-14-4-13-23-25/h1-6,9-14,18,21,26H,7-8,15-16H2/t21-/m1/s1. The van der Waals surface area contributed by atoms with E-state index in [9.17, 15) is 9.90 Å². The Labute approximate surface area is 158 Å². The fraction of sp³-hybridized carbons (Fsp3) is 0.273. The van der Waals surface area contributed by atoms with E-state index in [1.54, 1.807) is 10.9 Å². The number of hydrogen-bond donors (Lipinski definition) is 1. The van der Waals surface area contributed by atoms with Crippen LogP contribution < -0.4 is 0 Å². The van der Waals surface area contributed by atoms with E-state index in [4.69, 9.17) is 0 Å². The monoisotopic (exact) mass is 361 g/mol. The number of aliphatic hydroxyl groups is 1. The van der Waals surface area contributed by atoms with E-state index in [2.05, 4.69) is 5.10 Å². The summed E-state index contributed by atoms with van der Waals surface area (Å²) in [5, 5.41) is 14.2. The first-order valence-electron chi connectivity index (χ1n) is 9.32. The van der Waals surface area contributed by atoms with Crippen molar-refractivity contribution in [2.24, 2.45) is 5.92 Å². The SMILES string of the molecule is O=C(c1ccc(-n2cccn2)cc1)N(Cc1ccccc1)[C@H](CO)C1CC1. The topological polar surface area (TPSA) is 58.4 Å². The second-order valence-corrected chi connectivity index (χ2v) is 7.00. The maximum Gasteiger partial charge on any atom is 0.254 e. The van der Waals surface area contributed by atoms with Crippen LogP contribution in [-0.2, 0) is 6.54 Å². The minimum atomic E-state index is -0.136. The summed E-state index contributed by atoms with van der Waals surface area (Å²) in [6.45, 7) is 0.497. The molecule has 0 radical (unpaired) electrons. The molecule has 1 saturated carbocycles. The molecule has 1 amide bonds. The number of aromatic nitrogens is 2. The number of amides is 1. The Kier molecular flexibility index (Phi) is 5.03. The third kappa shape index (κ3) is 3.93. The molecule has 27 heavy (non-hydrogen) atoms. The van der Waals surface area contributed by atoms with Gasteiger partial charge in [0.05, 0.1) is 18.3 Å². The van der Waals surface area contributed by atoms with E-state index in [0.717, 1.165) is 24.1 Å². The minimum absolute atomic E-state index is 0.00535. The van der Waals surface area contributed by atoms with Crippen molar-refractivity contribution in [2.75, 3.05) is 6.61 Å². The van der Waals surface area contributed by atoms with Crippen LogP contribution in [0.4, 0.5) is 0 Å². The average molecular weight is 361 g/mol. The van der Waals surface area contributed by atoms with Crippen molar-refractivity contribution in [3.05, 3.63) is 84.2 Å². The van der Waals surface area contributed by atoms with Gasteiger partial charge in [-0.2, -0.15) is 5.10 Å². The molecule has 0 spiro atoms. The molecule has 1 N–H and O–H groups in total. The molecule has 1 aliphatic rings. The molecule has 4 rings (SSSR count). The van der Waals surface area contributed by atoms with Gasteiger partial charge in [0.1, 0.15) is 0 Å². The Morgan fingerprint density at radius 1 is 1.11 bits per heavy atom. The van der Waals surface area contributed by atoms with Crippen LogP contribution in [-0.4, -0.2) is 38.3 Å². The van der Waals surface area contributed by atoms with E-state index in [1.165, 1.54) is 0 Å². The Hall–Kier alpha value is -2.92. The van der Waals surface area contributed by atoms with Gasteiger partial charge in [0.15, 0.2) is 0 Å². The van der Waals surface area contributed by atoms with Gasteiger partial charge >= 0.3 is 0 Å². The molecule has 138 valence electrons. The number of rotatable bonds is 7. The summed E-state index contributed by atoms with van der Waals surface area (Å²) in [5.41, 5.74) is 2.60. The lowest BCUT2D eigenvalue weighted by molar-refractivity contribution is 0.0531. The van der Waals surface area contributed by atoms with Crippen LogP contribution >= 0.6 is 0 Å². The first-order valence-corrected chi connectivity index (χ1v) is 9.32. The number of aliphatic hydroxyl groups excluding tert-OH is 1. The molecule has 0 bridgehead atoms. The number of benzene rings is 2. The molecule has 0 aliphatic heterocycles. The van der Waals surface area contributed by atoms with Crippen LogP contribution in [0, 0.1) is 5.92 Å². The summed E-state index contributed by atoms with van der Waals surface area (Å²) < 4.78 is 1.76.